The van der Waals surface area contributed by atoms with Crippen LogP contribution in [0.2, 0.25) is 0 Å². The SMILES string of the molecule is CCOC(=O)N1CCN(C(=O)N(Cc2ccc([N+](=O)[O-])cc2)S(=O)(=O)c2ccc(C)cc2)CC1. The number of urea groups is 1. The first kappa shape index (κ1) is 25.0. The predicted octanol–water partition coefficient (Wildman–Crippen LogP) is 2.99. The number of hydrogen-bond donors (Lipinski definition) is 0. The van der Waals surface area contributed by atoms with Crippen molar-refractivity contribution in [2.45, 2.75) is 25.3 Å². The van der Waals surface area contributed by atoms with Crippen LogP contribution in [0.15, 0.2) is 53.4 Å². The molecule has 0 aromatic heterocycles. The highest BCUT2D eigenvalue weighted by molar-refractivity contribution is 7.89. The molecule has 12 heteroatoms. The van der Waals surface area contributed by atoms with Gasteiger partial charge in [-0.25, -0.2) is 22.3 Å². The lowest BCUT2D eigenvalue weighted by Crippen LogP contribution is -2.54. The largest absolute Gasteiger partial charge is 0.450 e. The Kier molecular flexibility index (Phi) is 7.72. The second kappa shape index (κ2) is 10.5. The van der Waals surface area contributed by atoms with Crippen LogP contribution in [0, 0.1) is 17.0 Å². The van der Waals surface area contributed by atoms with E-state index in [1.807, 2.05) is 6.92 Å². The predicted molar refractivity (Wildman–Crippen MR) is 123 cm³/mol. The Morgan fingerprint density at radius 2 is 1.56 bits per heavy atom. The third kappa shape index (κ3) is 5.63. The van der Waals surface area contributed by atoms with Crippen LogP contribution in [0.25, 0.3) is 0 Å². The van der Waals surface area contributed by atoms with Crippen LogP contribution in [-0.2, 0) is 21.3 Å². The molecule has 0 aliphatic carbocycles. The zero-order valence-electron chi connectivity index (χ0n) is 18.9. The number of non-ortho nitro benzene ring substituents is 1. The van der Waals surface area contributed by atoms with Crippen LogP contribution in [0.5, 0.6) is 0 Å². The Morgan fingerprint density at radius 3 is 2.09 bits per heavy atom. The number of ether oxygens (including phenoxy) is 1. The third-order valence-electron chi connectivity index (χ3n) is 5.37. The van der Waals surface area contributed by atoms with Crippen LogP contribution >= 0.6 is 0 Å². The highest BCUT2D eigenvalue weighted by atomic mass is 32.2. The Balaban J connectivity index is 1.87. The summed E-state index contributed by atoms with van der Waals surface area (Å²) >= 11 is 0. The molecular formula is C22H26N4O7S. The van der Waals surface area contributed by atoms with Gasteiger partial charge in [0.15, 0.2) is 0 Å². The van der Waals surface area contributed by atoms with E-state index in [2.05, 4.69) is 0 Å². The van der Waals surface area contributed by atoms with Gasteiger partial charge in [-0.1, -0.05) is 29.8 Å². The van der Waals surface area contributed by atoms with Crippen LogP contribution in [0.3, 0.4) is 0 Å². The van der Waals surface area contributed by atoms with E-state index in [1.165, 1.54) is 46.2 Å². The number of amides is 3. The number of nitro groups is 1. The minimum Gasteiger partial charge on any atom is -0.450 e. The van der Waals surface area contributed by atoms with E-state index in [0.717, 1.165) is 9.87 Å². The molecule has 0 spiro atoms. The molecule has 1 aliphatic heterocycles. The van der Waals surface area contributed by atoms with Gasteiger partial charge >= 0.3 is 12.1 Å². The van der Waals surface area contributed by atoms with Gasteiger partial charge in [0, 0.05) is 38.3 Å². The summed E-state index contributed by atoms with van der Waals surface area (Å²) in [6, 6.07) is 10.8. The van der Waals surface area contributed by atoms with E-state index < -0.39 is 27.1 Å². The number of piperazine rings is 1. The molecule has 3 amide bonds. The molecule has 0 radical (unpaired) electrons. The van der Waals surface area contributed by atoms with Crippen molar-refractivity contribution in [2.24, 2.45) is 0 Å². The van der Waals surface area contributed by atoms with Crippen molar-refractivity contribution in [3.63, 3.8) is 0 Å². The number of rotatable bonds is 6. The third-order valence-corrected chi connectivity index (χ3v) is 7.11. The summed E-state index contributed by atoms with van der Waals surface area (Å²) in [7, 11) is -4.23. The topological polar surface area (TPSA) is 130 Å². The fourth-order valence-electron chi connectivity index (χ4n) is 3.43. The lowest BCUT2D eigenvalue weighted by molar-refractivity contribution is -0.384. The van der Waals surface area contributed by atoms with E-state index in [1.54, 1.807) is 19.1 Å². The van der Waals surface area contributed by atoms with Crippen LogP contribution in [-0.4, -0.2) is 72.4 Å². The van der Waals surface area contributed by atoms with E-state index in [4.69, 9.17) is 4.74 Å². The molecule has 34 heavy (non-hydrogen) atoms. The monoisotopic (exact) mass is 490 g/mol. The molecule has 0 bridgehead atoms. The lowest BCUT2D eigenvalue weighted by Gasteiger charge is -2.36. The number of benzene rings is 2. The molecule has 2 aromatic rings. The molecule has 182 valence electrons. The number of nitro benzene ring substituents is 1. The standard InChI is InChI=1S/C22H26N4O7S/c1-3-33-22(28)24-14-12-23(13-15-24)21(27)25(16-18-6-8-19(9-7-18)26(29)30)34(31,32)20-10-4-17(2)5-11-20/h4-11H,3,12-16H2,1-2H3. The Bertz CT molecular complexity index is 1140. The minimum absolute atomic E-state index is 0.0430. The lowest BCUT2D eigenvalue weighted by atomic mass is 10.2. The molecule has 1 heterocycles. The highest BCUT2D eigenvalue weighted by Crippen LogP contribution is 2.23. The van der Waals surface area contributed by atoms with E-state index in [-0.39, 0.29) is 49.9 Å². The summed E-state index contributed by atoms with van der Waals surface area (Å²) in [5.41, 5.74) is 1.14. The molecule has 1 fully saturated rings. The number of carbonyl (C=O) groups excluding carboxylic acids is 2. The number of carbonyl (C=O) groups is 2. The normalized spacial score (nSPS) is 13.9. The molecule has 11 nitrogen and oxygen atoms in total. The first-order valence-electron chi connectivity index (χ1n) is 10.7. The second-order valence-corrected chi connectivity index (χ2v) is 9.57. The molecule has 1 aliphatic rings. The van der Waals surface area contributed by atoms with Gasteiger partial charge in [-0.05, 0) is 31.5 Å². The number of hydrogen-bond acceptors (Lipinski definition) is 7. The van der Waals surface area contributed by atoms with Crippen molar-refractivity contribution < 1.29 is 27.7 Å². The van der Waals surface area contributed by atoms with E-state index >= 15 is 0 Å². The molecule has 0 N–H and O–H groups in total. The van der Waals surface area contributed by atoms with E-state index in [9.17, 15) is 28.1 Å². The van der Waals surface area contributed by atoms with Crippen molar-refractivity contribution in [1.82, 2.24) is 14.1 Å². The zero-order chi connectivity index (χ0) is 24.9. The maximum absolute atomic E-state index is 13.5. The van der Waals surface area contributed by atoms with Gasteiger partial charge in [-0.15, -0.1) is 0 Å². The average Bonchev–Trinajstić information content (AvgIpc) is 2.83. The first-order chi connectivity index (χ1) is 16.1. The van der Waals surface area contributed by atoms with Gasteiger partial charge in [0.2, 0.25) is 0 Å². The molecule has 0 unspecified atom stereocenters. The fraction of sp³-hybridized carbons (Fsp3) is 0.364. The molecule has 1 saturated heterocycles. The molecule has 0 atom stereocenters. The quantitative estimate of drug-likeness (QED) is 0.449. The molecule has 3 rings (SSSR count). The van der Waals surface area contributed by atoms with Crippen LogP contribution in [0.1, 0.15) is 18.1 Å². The van der Waals surface area contributed by atoms with Crippen molar-refractivity contribution in [2.75, 3.05) is 32.8 Å². The van der Waals surface area contributed by atoms with Gasteiger partial charge in [-0.2, -0.15) is 0 Å². The summed E-state index contributed by atoms with van der Waals surface area (Å²) in [4.78, 5) is 38.5. The van der Waals surface area contributed by atoms with Gasteiger partial charge in [0.25, 0.3) is 15.7 Å². The Hall–Kier alpha value is -3.67. The minimum atomic E-state index is -4.23. The maximum atomic E-state index is 13.5. The van der Waals surface area contributed by atoms with Gasteiger partial charge in [0.05, 0.1) is 23.0 Å². The average molecular weight is 491 g/mol. The maximum Gasteiger partial charge on any atom is 0.409 e. The van der Waals surface area contributed by atoms with Crippen molar-refractivity contribution >= 4 is 27.8 Å². The van der Waals surface area contributed by atoms with Crippen molar-refractivity contribution in [1.29, 1.82) is 0 Å². The molecular weight excluding hydrogens is 464 g/mol. The molecule has 2 aromatic carbocycles. The zero-order valence-corrected chi connectivity index (χ0v) is 19.7. The first-order valence-corrected chi connectivity index (χ1v) is 12.1. The summed E-state index contributed by atoms with van der Waals surface area (Å²) in [5.74, 6) is 0. The van der Waals surface area contributed by atoms with Gasteiger partial charge in [-0.3, -0.25) is 10.1 Å². The smallest absolute Gasteiger partial charge is 0.409 e. The summed E-state index contributed by atoms with van der Waals surface area (Å²) in [6.45, 7) is 4.14. The van der Waals surface area contributed by atoms with Crippen LogP contribution < -0.4 is 0 Å². The van der Waals surface area contributed by atoms with E-state index in [0.29, 0.717) is 5.56 Å². The summed E-state index contributed by atoms with van der Waals surface area (Å²) in [6.07, 6.45) is -0.482. The Morgan fingerprint density at radius 1 is 1.00 bits per heavy atom. The number of aryl methyl sites for hydroxylation is 1. The number of nitrogens with zero attached hydrogens (tertiary/aromatic N) is 4. The van der Waals surface area contributed by atoms with Gasteiger partial charge < -0.3 is 14.5 Å². The van der Waals surface area contributed by atoms with Gasteiger partial charge in [0.1, 0.15) is 0 Å². The molecule has 0 saturated carbocycles. The Labute approximate surface area is 197 Å². The second-order valence-electron chi connectivity index (χ2n) is 7.70. The van der Waals surface area contributed by atoms with Crippen molar-refractivity contribution in [3.8, 4) is 0 Å². The number of sulfonamides is 1. The fourth-order valence-corrected chi connectivity index (χ4v) is 4.81. The van der Waals surface area contributed by atoms with Crippen LogP contribution in [0.4, 0.5) is 15.3 Å². The highest BCUT2D eigenvalue weighted by Gasteiger charge is 2.35. The summed E-state index contributed by atoms with van der Waals surface area (Å²) in [5, 5.41) is 10.9. The van der Waals surface area contributed by atoms with Crippen molar-refractivity contribution in [3.05, 3.63) is 69.8 Å². The summed E-state index contributed by atoms with van der Waals surface area (Å²) < 4.78 is 32.6.